The summed E-state index contributed by atoms with van der Waals surface area (Å²) in [6, 6.07) is 0. The van der Waals surface area contributed by atoms with Gasteiger partial charge in [-0.15, -0.1) is 0 Å². The predicted molar refractivity (Wildman–Crippen MR) is 115 cm³/mol. The maximum atomic E-state index is 12.8. The number of rotatable bonds is 16. The molecule has 3 nitrogen and oxygen atoms in total. The molecule has 0 heterocycles. The Bertz CT molecular complexity index is 372. The molecule has 0 fully saturated rings. The molecule has 0 saturated carbocycles. The van der Waals surface area contributed by atoms with Gasteiger partial charge in [0.15, 0.2) is 0 Å². The number of hydrogen-bond donors (Lipinski definition) is 1. The molecule has 0 aliphatic heterocycles. The Labute approximate surface area is 163 Å². The highest BCUT2D eigenvalue weighted by Gasteiger charge is 2.20. The van der Waals surface area contributed by atoms with Gasteiger partial charge in [-0.25, -0.2) is 0 Å². The fourth-order valence-corrected chi connectivity index (χ4v) is 3.23. The van der Waals surface area contributed by atoms with Gasteiger partial charge in [0.25, 0.3) is 0 Å². The molecule has 1 N–H and O–H groups in total. The first-order chi connectivity index (χ1) is 12.6. The zero-order chi connectivity index (χ0) is 19.6. The molecular formula is C23H44N2O. The molecule has 0 bridgehead atoms. The molecule has 2 unspecified atom stereocenters. The van der Waals surface area contributed by atoms with Crippen LogP contribution < -0.4 is 5.32 Å². The highest BCUT2D eigenvalue weighted by atomic mass is 16.2. The molecule has 3 heteroatoms. The topological polar surface area (TPSA) is 32.3 Å². The Balaban J connectivity index is 4.84. The van der Waals surface area contributed by atoms with Gasteiger partial charge in [0, 0.05) is 13.1 Å². The molecule has 0 radical (unpaired) electrons. The molecule has 0 aromatic rings. The largest absolute Gasteiger partial charge is 0.382 e. The fourth-order valence-electron chi connectivity index (χ4n) is 3.23. The van der Waals surface area contributed by atoms with Crippen LogP contribution in [0, 0.1) is 11.8 Å². The van der Waals surface area contributed by atoms with Crippen molar-refractivity contribution in [1.82, 2.24) is 10.2 Å². The van der Waals surface area contributed by atoms with Crippen LogP contribution >= 0.6 is 0 Å². The quantitative estimate of drug-likeness (QED) is 0.344. The number of allylic oxidation sites excluding steroid dienone is 3. The number of unbranched alkanes of at least 4 members (excludes halogenated alkanes) is 2. The lowest BCUT2D eigenvalue weighted by molar-refractivity contribution is -0.131. The van der Waals surface area contributed by atoms with Gasteiger partial charge in [0.1, 0.15) is 0 Å². The van der Waals surface area contributed by atoms with Crippen molar-refractivity contribution in [3.63, 3.8) is 0 Å². The van der Waals surface area contributed by atoms with Crippen LogP contribution in [-0.4, -0.2) is 30.4 Å². The van der Waals surface area contributed by atoms with Crippen molar-refractivity contribution in [3.05, 3.63) is 24.4 Å². The Morgan fingerprint density at radius 3 is 1.88 bits per heavy atom. The van der Waals surface area contributed by atoms with Crippen LogP contribution in [-0.2, 0) is 4.79 Å². The summed E-state index contributed by atoms with van der Waals surface area (Å²) >= 11 is 0. The first-order valence-electron chi connectivity index (χ1n) is 10.9. The van der Waals surface area contributed by atoms with Crippen molar-refractivity contribution < 1.29 is 4.79 Å². The van der Waals surface area contributed by atoms with E-state index in [2.05, 4.69) is 37.9 Å². The number of carbonyl (C=O) groups is 1. The van der Waals surface area contributed by atoms with Gasteiger partial charge < -0.3 is 10.2 Å². The summed E-state index contributed by atoms with van der Waals surface area (Å²) in [5.41, 5.74) is 0. The second kappa shape index (κ2) is 17.2. The van der Waals surface area contributed by atoms with E-state index in [-0.39, 0.29) is 5.91 Å². The van der Waals surface area contributed by atoms with Crippen LogP contribution in [0.5, 0.6) is 0 Å². The second-order valence-corrected chi connectivity index (χ2v) is 7.40. The predicted octanol–water partition coefficient (Wildman–Crippen LogP) is 5.93. The molecule has 0 rings (SSSR count). The molecule has 2 atom stereocenters. The third-order valence-electron chi connectivity index (χ3n) is 5.17. The van der Waals surface area contributed by atoms with Gasteiger partial charge in [0.2, 0.25) is 5.91 Å². The van der Waals surface area contributed by atoms with E-state index in [1.807, 2.05) is 31.4 Å². The van der Waals surface area contributed by atoms with E-state index in [1.165, 1.54) is 38.5 Å². The van der Waals surface area contributed by atoms with Crippen molar-refractivity contribution in [1.29, 1.82) is 0 Å². The van der Waals surface area contributed by atoms with Gasteiger partial charge in [-0.05, 0) is 43.9 Å². The second-order valence-electron chi connectivity index (χ2n) is 7.40. The van der Waals surface area contributed by atoms with Crippen molar-refractivity contribution in [2.45, 2.75) is 86.0 Å². The van der Waals surface area contributed by atoms with Crippen molar-refractivity contribution in [2.75, 3.05) is 19.6 Å². The first kappa shape index (κ1) is 24.8. The minimum Gasteiger partial charge on any atom is -0.382 e. The van der Waals surface area contributed by atoms with Crippen molar-refractivity contribution in [2.24, 2.45) is 11.8 Å². The van der Waals surface area contributed by atoms with E-state index in [0.29, 0.717) is 18.4 Å². The van der Waals surface area contributed by atoms with Crippen molar-refractivity contribution >= 4 is 5.91 Å². The first-order valence-corrected chi connectivity index (χ1v) is 10.9. The third kappa shape index (κ3) is 12.2. The number of amides is 1. The number of nitrogens with one attached hydrogen (secondary N) is 1. The van der Waals surface area contributed by atoms with Gasteiger partial charge in [-0.2, -0.15) is 0 Å². The van der Waals surface area contributed by atoms with Gasteiger partial charge in [-0.1, -0.05) is 78.4 Å². The molecular weight excluding hydrogens is 320 g/mol. The minimum absolute atomic E-state index is 0.236. The van der Waals surface area contributed by atoms with Crippen LogP contribution in [0.4, 0.5) is 0 Å². The molecule has 0 aliphatic carbocycles. The van der Waals surface area contributed by atoms with E-state index in [4.69, 9.17) is 0 Å². The summed E-state index contributed by atoms with van der Waals surface area (Å²) in [7, 11) is 0. The van der Waals surface area contributed by atoms with E-state index < -0.39 is 0 Å². The number of hydrogen-bond acceptors (Lipinski definition) is 2. The van der Waals surface area contributed by atoms with Gasteiger partial charge in [-0.3, -0.25) is 4.79 Å². The summed E-state index contributed by atoms with van der Waals surface area (Å²) in [4.78, 5) is 15.0. The SMILES string of the molecule is C/C=C\C=C/NCC(=O)N(CC(CC)CCCC)CC(CC)CCCC. The molecule has 0 aromatic carbocycles. The molecule has 0 spiro atoms. The molecule has 0 aromatic heterocycles. The number of carbonyl (C=O) groups excluding carboxylic acids is 1. The highest BCUT2D eigenvalue weighted by molar-refractivity contribution is 5.78. The Morgan fingerprint density at radius 1 is 0.923 bits per heavy atom. The van der Waals surface area contributed by atoms with Crippen LogP contribution in [0.2, 0.25) is 0 Å². The Kier molecular flexibility index (Phi) is 16.4. The van der Waals surface area contributed by atoms with Crippen molar-refractivity contribution in [3.8, 4) is 0 Å². The third-order valence-corrected chi connectivity index (χ3v) is 5.17. The summed E-state index contributed by atoms with van der Waals surface area (Å²) in [5, 5.41) is 3.15. The van der Waals surface area contributed by atoms with E-state index in [0.717, 1.165) is 25.9 Å². The standard InChI is InChI=1S/C23H44N2O/c1-6-11-14-17-24-18-23(26)25(19-21(9-4)15-12-7-2)20-22(10-5)16-13-8-3/h6,11,14,17,21-22,24H,7-10,12-13,15-16,18-20H2,1-5H3/b11-6-,17-14-. The van der Waals surface area contributed by atoms with E-state index in [9.17, 15) is 4.79 Å². The van der Waals surface area contributed by atoms with Crippen LogP contribution in [0.15, 0.2) is 24.4 Å². The van der Waals surface area contributed by atoms with Gasteiger partial charge in [0.05, 0.1) is 6.54 Å². The average molecular weight is 365 g/mol. The smallest absolute Gasteiger partial charge is 0.241 e. The lowest BCUT2D eigenvalue weighted by atomic mass is 9.95. The molecule has 0 aliphatic rings. The maximum Gasteiger partial charge on any atom is 0.241 e. The molecule has 152 valence electrons. The lowest BCUT2D eigenvalue weighted by Gasteiger charge is -2.31. The fraction of sp³-hybridized carbons (Fsp3) is 0.783. The Hall–Kier alpha value is -1.25. The molecule has 26 heavy (non-hydrogen) atoms. The average Bonchev–Trinajstić information content (AvgIpc) is 2.66. The lowest BCUT2D eigenvalue weighted by Crippen LogP contribution is -2.42. The summed E-state index contributed by atoms with van der Waals surface area (Å²) < 4.78 is 0. The van der Waals surface area contributed by atoms with E-state index in [1.54, 1.807) is 0 Å². The summed E-state index contributed by atoms with van der Waals surface area (Å²) in [6.07, 6.45) is 17.5. The highest BCUT2D eigenvalue weighted by Crippen LogP contribution is 2.19. The number of nitrogens with zero attached hydrogens (tertiary/aromatic N) is 1. The monoisotopic (exact) mass is 364 g/mol. The minimum atomic E-state index is 0.236. The molecule has 0 saturated heterocycles. The zero-order valence-electron chi connectivity index (χ0n) is 18.1. The maximum absolute atomic E-state index is 12.8. The molecule has 1 amide bonds. The van der Waals surface area contributed by atoms with Gasteiger partial charge >= 0.3 is 0 Å². The van der Waals surface area contributed by atoms with Crippen LogP contribution in [0.25, 0.3) is 0 Å². The zero-order valence-corrected chi connectivity index (χ0v) is 18.1. The van der Waals surface area contributed by atoms with E-state index >= 15 is 0 Å². The van der Waals surface area contributed by atoms with Crippen LogP contribution in [0.3, 0.4) is 0 Å². The summed E-state index contributed by atoms with van der Waals surface area (Å²) in [6.45, 7) is 13.2. The summed E-state index contributed by atoms with van der Waals surface area (Å²) in [5.74, 6) is 1.49. The Morgan fingerprint density at radius 2 is 1.46 bits per heavy atom. The van der Waals surface area contributed by atoms with Crippen LogP contribution in [0.1, 0.15) is 86.0 Å². The normalized spacial score (nSPS) is 14.0.